The van der Waals surface area contributed by atoms with E-state index in [-0.39, 0.29) is 11.9 Å². The SMILES string of the molecule is O=C(NCc1ccco1)[C@@H]1Cc2nc[nH]c2CN1Cc1cc2ccccc2o1. The first-order valence-electron chi connectivity index (χ1n) is 9.29. The van der Waals surface area contributed by atoms with Crippen LogP contribution in [0.2, 0.25) is 0 Å². The van der Waals surface area contributed by atoms with Gasteiger partial charge in [-0.1, -0.05) is 18.2 Å². The van der Waals surface area contributed by atoms with Gasteiger partial charge in [-0.2, -0.15) is 0 Å². The number of hydrogen-bond donors (Lipinski definition) is 2. The zero-order chi connectivity index (χ0) is 18.9. The Bertz CT molecular complexity index is 1060. The van der Waals surface area contributed by atoms with Gasteiger partial charge < -0.3 is 19.1 Å². The van der Waals surface area contributed by atoms with Crippen LogP contribution in [0, 0.1) is 0 Å². The number of imidazole rings is 1. The number of rotatable bonds is 5. The molecule has 28 heavy (non-hydrogen) atoms. The molecular weight excluding hydrogens is 356 g/mol. The molecule has 142 valence electrons. The minimum Gasteiger partial charge on any atom is -0.467 e. The molecule has 7 nitrogen and oxygen atoms in total. The molecule has 1 amide bonds. The van der Waals surface area contributed by atoms with E-state index in [0.29, 0.717) is 26.1 Å². The molecule has 0 bridgehead atoms. The molecule has 3 aromatic heterocycles. The normalized spacial score (nSPS) is 16.9. The van der Waals surface area contributed by atoms with Crippen LogP contribution in [0.15, 0.2) is 63.9 Å². The van der Waals surface area contributed by atoms with Gasteiger partial charge in [0.15, 0.2) is 0 Å². The Balaban J connectivity index is 1.37. The third-order valence-electron chi connectivity index (χ3n) is 5.15. The van der Waals surface area contributed by atoms with E-state index in [4.69, 9.17) is 8.83 Å². The van der Waals surface area contributed by atoms with Crippen molar-refractivity contribution in [3.8, 4) is 0 Å². The topological polar surface area (TPSA) is 87.3 Å². The second-order valence-electron chi connectivity index (χ2n) is 7.00. The Labute approximate surface area is 161 Å². The minimum absolute atomic E-state index is 0.0406. The predicted molar refractivity (Wildman–Crippen MR) is 102 cm³/mol. The number of H-pyrrole nitrogens is 1. The first-order chi connectivity index (χ1) is 13.8. The van der Waals surface area contributed by atoms with Crippen LogP contribution in [-0.4, -0.2) is 26.8 Å². The summed E-state index contributed by atoms with van der Waals surface area (Å²) in [7, 11) is 0. The number of hydrogen-bond acceptors (Lipinski definition) is 5. The molecule has 0 fully saturated rings. The summed E-state index contributed by atoms with van der Waals surface area (Å²) in [5.74, 6) is 1.53. The molecule has 4 aromatic rings. The average Bonchev–Trinajstić information content (AvgIpc) is 3.45. The van der Waals surface area contributed by atoms with Crippen molar-refractivity contribution < 1.29 is 13.6 Å². The molecule has 2 N–H and O–H groups in total. The quantitative estimate of drug-likeness (QED) is 0.559. The zero-order valence-electron chi connectivity index (χ0n) is 15.2. The summed E-state index contributed by atoms with van der Waals surface area (Å²) in [4.78, 5) is 22.6. The zero-order valence-corrected chi connectivity index (χ0v) is 15.2. The largest absolute Gasteiger partial charge is 0.467 e. The smallest absolute Gasteiger partial charge is 0.238 e. The Morgan fingerprint density at radius 3 is 3.04 bits per heavy atom. The molecule has 7 heteroatoms. The Morgan fingerprint density at radius 2 is 2.18 bits per heavy atom. The number of para-hydroxylation sites is 1. The maximum Gasteiger partial charge on any atom is 0.238 e. The van der Waals surface area contributed by atoms with Crippen LogP contribution in [-0.2, 0) is 30.8 Å². The molecular formula is C21H20N4O3. The molecule has 4 heterocycles. The van der Waals surface area contributed by atoms with Gasteiger partial charge in [-0.3, -0.25) is 9.69 Å². The van der Waals surface area contributed by atoms with Crippen molar-refractivity contribution in [3.63, 3.8) is 0 Å². The average molecular weight is 376 g/mol. The van der Waals surface area contributed by atoms with Gasteiger partial charge in [-0.05, 0) is 24.3 Å². The number of fused-ring (bicyclic) bond motifs is 2. The van der Waals surface area contributed by atoms with Crippen LogP contribution in [0.4, 0.5) is 0 Å². The summed E-state index contributed by atoms with van der Waals surface area (Å²) in [6.45, 7) is 1.53. The molecule has 1 aromatic carbocycles. The van der Waals surface area contributed by atoms with Crippen molar-refractivity contribution in [2.24, 2.45) is 0 Å². The second kappa shape index (κ2) is 7.01. The third-order valence-corrected chi connectivity index (χ3v) is 5.15. The van der Waals surface area contributed by atoms with Gasteiger partial charge in [-0.15, -0.1) is 0 Å². The Kier molecular flexibility index (Phi) is 4.21. The number of aromatic amines is 1. The molecule has 0 saturated heterocycles. The monoisotopic (exact) mass is 376 g/mol. The van der Waals surface area contributed by atoms with E-state index in [1.54, 1.807) is 12.6 Å². The summed E-state index contributed by atoms with van der Waals surface area (Å²) < 4.78 is 11.3. The standard InChI is InChI=1S/C21H20N4O3/c26-21(22-10-15-5-3-7-27-15)19-9-17-18(24-13-23-17)12-25(19)11-16-8-14-4-1-2-6-20(14)28-16/h1-8,13,19H,9-12H2,(H,22,26)(H,23,24)/t19-/m0/s1. The lowest BCUT2D eigenvalue weighted by Crippen LogP contribution is -2.49. The highest BCUT2D eigenvalue weighted by atomic mass is 16.3. The number of carbonyl (C=O) groups is 1. The molecule has 1 aliphatic rings. The van der Waals surface area contributed by atoms with Crippen LogP contribution in [0.3, 0.4) is 0 Å². The highest BCUT2D eigenvalue weighted by Gasteiger charge is 2.33. The van der Waals surface area contributed by atoms with Crippen molar-refractivity contribution >= 4 is 16.9 Å². The first kappa shape index (κ1) is 16.8. The number of nitrogens with zero attached hydrogens (tertiary/aromatic N) is 2. The summed E-state index contributed by atoms with van der Waals surface area (Å²) in [5, 5.41) is 4.04. The van der Waals surface area contributed by atoms with Gasteiger partial charge in [0.2, 0.25) is 5.91 Å². The molecule has 0 aliphatic carbocycles. The van der Waals surface area contributed by atoms with Gasteiger partial charge in [-0.25, -0.2) is 4.98 Å². The second-order valence-corrected chi connectivity index (χ2v) is 7.00. The Hall–Kier alpha value is -3.32. The lowest BCUT2D eigenvalue weighted by molar-refractivity contribution is -0.127. The molecule has 1 atom stereocenters. The Morgan fingerprint density at radius 1 is 1.25 bits per heavy atom. The minimum atomic E-state index is -0.320. The van der Waals surface area contributed by atoms with Crippen LogP contribution in [0.25, 0.3) is 11.0 Å². The van der Waals surface area contributed by atoms with Crippen molar-refractivity contribution in [2.75, 3.05) is 0 Å². The summed E-state index contributed by atoms with van der Waals surface area (Å²) in [6.07, 6.45) is 3.85. The van der Waals surface area contributed by atoms with Crippen LogP contribution in [0.5, 0.6) is 0 Å². The molecule has 1 aliphatic heterocycles. The van der Waals surface area contributed by atoms with E-state index in [1.807, 2.05) is 42.5 Å². The van der Waals surface area contributed by atoms with E-state index in [2.05, 4.69) is 20.2 Å². The number of carbonyl (C=O) groups excluding carboxylic acids is 1. The number of furan rings is 2. The number of aromatic nitrogens is 2. The molecule has 0 saturated carbocycles. The highest BCUT2D eigenvalue weighted by Crippen LogP contribution is 2.26. The maximum absolute atomic E-state index is 12.9. The summed E-state index contributed by atoms with van der Waals surface area (Å²) >= 11 is 0. The van der Waals surface area contributed by atoms with Gasteiger partial charge in [0, 0.05) is 18.4 Å². The number of nitrogens with one attached hydrogen (secondary N) is 2. The van der Waals surface area contributed by atoms with Gasteiger partial charge in [0.05, 0.1) is 43.1 Å². The van der Waals surface area contributed by atoms with Crippen molar-refractivity contribution in [3.05, 3.63) is 78.0 Å². The fraction of sp³-hybridized carbons (Fsp3) is 0.238. The van der Waals surface area contributed by atoms with Gasteiger partial charge in [0.25, 0.3) is 0 Å². The van der Waals surface area contributed by atoms with Crippen LogP contribution >= 0.6 is 0 Å². The highest BCUT2D eigenvalue weighted by molar-refractivity contribution is 5.82. The lowest BCUT2D eigenvalue weighted by Gasteiger charge is -2.33. The van der Waals surface area contributed by atoms with Gasteiger partial charge in [0.1, 0.15) is 17.1 Å². The lowest BCUT2D eigenvalue weighted by atomic mass is 10.0. The molecule has 5 rings (SSSR count). The van der Waals surface area contributed by atoms with E-state index in [1.165, 1.54) is 0 Å². The molecule has 0 radical (unpaired) electrons. The number of amides is 1. The number of benzene rings is 1. The first-order valence-corrected chi connectivity index (χ1v) is 9.29. The molecule has 0 spiro atoms. The van der Waals surface area contributed by atoms with Gasteiger partial charge >= 0.3 is 0 Å². The van der Waals surface area contributed by atoms with E-state index >= 15 is 0 Å². The van der Waals surface area contributed by atoms with Crippen molar-refractivity contribution in [1.82, 2.24) is 20.2 Å². The molecule has 0 unspecified atom stereocenters. The van der Waals surface area contributed by atoms with Crippen LogP contribution in [0.1, 0.15) is 22.9 Å². The third kappa shape index (κ3) is 3.20. The fourth-order valence-electron chi connectivity index (χ4n) is 3.73. The van der Waals surface area contributed by atoms with Crippen molar-refractivity contribution in [2.45, 2.75) is 32.1 Å². The van der Waals surface area contributed by atoms with E-state index in [0.717, 1.165) is 33.9 Å². The maximum atomic E-state index is 12.9. The fourth-order valence-corrected chi connectivity index (χ4v) is 3.73. The van der Waals surface area contributed by atoms with Crippen LogP contribution < -0.4 is 5.32 Å². The van der Waals surface area contributed by atoms with E-state index in [9.17, 15) is 4.79 Å². The van der Waals surface area contributed by atoms with Crippen molar-refractivity contribution in [1.29, 1.82) is 0 Å². The predicted octanol–water partition coefficient (Wildman–Crippen LogP) is 2.99. The summed E-state index contributed by atoms with van der Waals surface area (Å²) in [5.41, 5.74) is 2.85. The summed E-state index contributed by atoms with van der Waals surface area (Å²) in [6, 6.07) is 13.3. The van der Waals surface area contributed by atoms with E-state index < -0.39 is 0 Å².